The van der Waals surface area contributed by atoms with Crippen molar-refractivity contribution >= 4 is 11.6 Å². The third kappa shape index (κ3) is 3.61. The Morgan fingerprint density at radius 3 is 2.24 bits per heavy atom. The normalized spacial score (nSPS) is 19.3. The highest BCUT2D eigenvalue weighted by atomic mass is 19.4. The van der Waals surface area contributed by atoms with Gasteiger partial charge < -0.3 is 14.2 Å². The van der Waals surface area contributed by atoms with Crippen LogP contribution in [0.1, 0.15) is 17.2 Å². The minimum Gasteiger partial charge on any atom is -0.492 e. The van der Waals surface area contributed by atoms with Gasteiger partial charge in [-0.05, 0) is 25.1 Å². The molecule has 29 heavy (non-hydrogen) atoms. The zero-order valence-electron chi connectivity index (χ0n) is 15.1. The number of Topliss-reactive ketones (excluding diaryl/α,β-unsaturated/α-hetero) is 2. The van der Waals surface area contributed by atoms with E-state index in [4.69, 9.17) is 14.2 Å². The first-order valence-electron chi connectivity index (χ1n) is 8.29. The molecule has 0 fully saturated rings. The lowest BCUT2D eigenvalue weighted by molar-refractivity contribution is -0.193. The summed E-state index contributed by atoms with van der Waals surface area (Å²) in [6, 6.07) is -0.445. The van der Waals surface area contributed by atoms with Crippen molar-refractivity contribution in [2.24, 2.45) is 5.92 Å². The summed E-state index contributed by atoms with van der Waals surface area (Å²) < 4.78 is 94.5. The Kier molecular flexibility index (Phi) is 5.18. The first-order valence-corrected chi connectivity index (χ1v) is 8.29. The van der Waals surface area contributed by atoms with Crippen LogP contribution in [0.25, 0.3) is 0 Å². The number of rotatable bonds is 4. The third-order valence-corrected chi connectivity index (χ3v) is 4.89. The van der Waals surface area contributed by atoms with Gasteiger partial charge in [-0.3, -0.25) is 14.5 Å². The Morgan fingerprint density at radius 2 is 1.72 bits per heavy atom. The predicted molar refractivity (Wildman–Crippen MR) is 83.8 cm³/mol. The smallest absolute Gasteiger partial charge is 0.450 e. The maximum absolute atomic E-state index is 13.1. The second-order valence-electron chi connectivity index (χ2n) is 6.59. The fourth-order valence-electron chi connectivity index (χ4n) is 3.65. The van der Waals surface area contributed by atoms with Crippen molar-refractivity contribution in [3.8, 4) is 17.2 Å². The van der Waals surface area contributed by atoms with Gasteiger partial charge in [-0.15, -0.1) is 0 Å². The quantitative estimate of drug-likeness (QED) is 0.544. The number of fused-ring (bicyclic) bond motifs is 2. The number of nitrogens with zero attached hydrogens (tertiary/aromatic N) is 1. The second-order valence-corrected chi connectivity index (χ2v) is 6.59. The van der Waals surface area contributed by atoms with Crippen LogP contribution in [0.4, 0.5) is 26.3 Å². The molecule has 2 heterocycles. The summed E-state index contributed by atoms with van der Waals surface area (Å²) in [5.74, 6) is -8.56. The first-order chi connectivity index (χ1) is 13.4. The van der Waals surface area contributed by atoms with Crippen molar-refractivity contribution in [3.63, 3.8) is 0 Å². The summed E-state index contributed by atoms with van der Waals surface area (Å²) in [7, 11) is 2.38. The van der Waals surface area contributed by atoms with Crippen LogP contribution in [0, 0.1) is 5.92 Å². The summed E-state index contributed by atoms with van der Waals surface area (Å²) in [5, 5.41) is 0. The molecule has 0 radical (unpaired) electrons. The van der Waals surface area contributed by atoms with Crippen LogP contribution in [-0.4, -0.2) is 56.3 Å². The number of hydrogen-bond donors (Lipinski definition) is 0. The molecule has 0 spiro atoms. The van der Waals surface area contributed by atoms with E-state index in [1.165, 1.54) is 13.1 Å². The van der Waals surface area contributed by atoms with Crippen LogP contribution < -0.4 is 14.2 Å². The molecule has 2 aliphatic rings. The average molecular weight is 427 g/mol. The van der Waals surface area contributed by atoms with Crippen LogP contribution >= 0.6 is 0 Å². The predicted octanol–water partition coefficient (Wildman–Crippen LogP) is 2.83. The Morgan fingerprint density at radius 1 is 1.14 bits per heavy atom. The molecule has 1 aromatic rings. The van der Waals surface area contributed by atoms with Crippen molar-refractivity contribution in [1.29, 1.82) is 0 Å². The zero-order chi connectivity index (χ0) is 21.7. The Bertz CT molecular complexity index is 824. The molecule has 6 nitrogen and oxygen atoms in total. The lowest BCUT2D eigenvalue weighted by Crippen LogP contribution is -2.50. The average Bonchev–Trinajstić information content (AvgIpc) is 3.08. The SMILES string of the molecule is COc1c2c(cc3c1[C@@H](C(C(=O)C(F)(F)F)C(=O)C(F)(F)F)N(C)CC3)OCO2. The first kappa shape index (κ1) is 21.2. The Balaban J connectivity index is 2.25. The summed E-state index contributed by atoms with van der Waals surface area (Å²) in [5.41, 5.74) is 0.176. The van der Waals surface area contributed by atoms with Gasteiger partial charge in [-0.2, -0.15) is 26.3 Å². The van der Waals surface area contributed by atoms with Crippen LogP contribution in [0.15, 0.2) is 6.07 Å². The molecule has 1 atom stereocenters. The number of benzene rings is 1. The van der Waals surface area contributed by atoms with Gasteiger partial charge >= 0.3 is 12.4 Å². The van der Waals surface area contributed by atoms with E-state index in [0.29, 0.717) is 5.56 Å². The molecule has 0 unspecified atom stereocenters. The summed E-state index contributed by atoms with van der Waals surface area (Å²) in [4.78, 5) is 25.0. The minimum atomic E-state index is -5.65. The van der Waals surface area contributed by atoms with Gasteiger partial charge in [0, 0.05) is 12.1 Å². The molecule has 0 saturated carbocycles. The molecular weight excluding hydrogens is 412 g/mol. The number of ketones is 2. The van der Waals surface area contributed by atoms with Gasteiger partial charge in [0.15, 0.2) is 11.5 Å². The molecule has 0 amide bonds. The summed E-state index contributed by atoms with van der Waals surface area (Å²) in [6.07, 6.45) is -11.1. The van der Waals surface area contributed by atoms with Gasteiger partial charge in [0.25, 0.3) is 0 Å². The molecule has 3 rings (SSSR count). The number of carbonyl (C=O) groups is 2. The highest BCUT2D eigenvalue weighted by Gasteiger charge is 2.58. The van der Waals surface area contributed by atoms with Crippen molar-refractivity contribution < 1.29 is 50.1 Å². The number of alkyl halides is 6. The topological polar surface area (TPSA) is 65.1 Å². The lowest BCUT2D eigenvalue weighted by Gasteiger charge is -2.39. The van der Waals surface area contributed by atoms with Crippen LogP contribution in [0.5, 0.6) is 17.2 Å². The lowest BCUT2D eigenvalue weighted by atomic mass is 9.79. The van der Waals surface area contributed by atoms with Gasteiger partial charge in [0.05, 0.1) is 13.2 Å². The van der Waals surface area contributed by atoms with Gasteiger partial charge in [-0.25, -0.2) is 0 Å². The van der Waals surface area contributed by atoms with E-state index in [0.717, 1.165) is 12.0 Å². The largest absolute Gasteiger partial charge is 0.492 e. The molecule has 0 aliphatic carbocycles. The number of hydrogen-bond acceptors (Lipinski definition) is 6. The highest BCUT2D eigenvalue weighted by molar-refractivity contribution is 6.07. The van der Waals surface area contributed by atoms with E-state index in [9.17, 15) is 35.9 Å². The number of ether oxygens (including phenoxy) is 3. The number of likely N-dealkylation sites (N-methyl/N-ethyl adjacent to an activating group) is 1. The molecule has 2 aliphatic heterocycles. The van der Waals surface area contributed by atoms with Gasteiger partial charge in [0.1, 0.15) is 5.92 Å². The molecular formula is C17H15F6NO5. The maximum Gasteiger partial charge on any atom is 0.450 e. The van der Waals surface area contributed by atoms with Crippen molar-refractivity contribution in [3.05, 3.63) is 17.2 Å². The highest BCUT2D eigenvalue weighted by Crippen LogP contribution is 2.52. The Hall–Kier alpha value is -2.50. The monoisotopic (exact) mass is 427 g/mol. The molecule has 1 aromatic carbocycles. The minimum absolute atomic E-state index is 0.00718. The van der Waals surface area contributed by atoms with Crippen molar-refractivity contribution in [1.82, 2.24) is 4.90 Å². The summed E-state index contributed by atoms with van der Waals surface area (Å²) in [6.45, 7) is -0.214. The fourth-order valence-corrected chi connectivity index (χ4v) is 3.65. The van der Waals surface area contributed by atoms with Crippen LogP contribution in [-0.2, 0) is 16.0 Å². The molecule has 0 bridgehead atoms. The van der Waals surface area contributed by atoms with E-state index in [1.807, 2.05) is 0 Å². The number of methoxy groups -OCH3 is 1. The molecule has 0 saturated heterocycles. The van der Waals surface area contributed by atoms with E-state index in [2.05, 4.69) is 0 Å². The van der Waals surface area contributed by atoms with E-state index < -0.39 is 35.9 Å². The summed E-state index contributed by atoms with van der Waals surface area (Å²) >= 11 is 0. The molecule has 160 valence electrons. The Labute approximate surface area is 160 Å². The zero-order valence-corrected chi connectivity index (χ0v) is 15.1. The molecule has 0 aromatic heterocycles. The van der Waals surface area contributed by atoms with Crippen LogP contribution in [0.2, 0.25) is 0 Å². The number of carbonyl (C=O) groups excluding carboxylic acids is 2. The fraction of sp³-hybridized carbons (Fsp3) is 0.529. The number of halogens is 6. The molecule has 0 N–H and O–H groups in total. The third-order valence-electron chi connectivity index (χ3n) is 4.89. The molecule has 12 heteroatoms. The maximum atomic E-state index is 13.1. The van der Waals surface area contributed by atoms with Crippen molar-refractivity contribution in [2.75, 3.05) is 27.5 Å². The van der Waals surface area contributed by atoms with Gasteiger partial charge in [0.2, 0.25) is 24.1 Å². The standard InChI is InChI=1S/C17H15F6NO5/c1-24-4-3-7-5-8-12(29-6-28-8)13(27-2)9(7)11(24)10(14(25)16(18,19)20)15(26)17(21,22)23/h5,10-11H,3-4,6H2,1-2H3/t11-/m0/s1. The van der Waals surface area contributed by atoms with Crippen molar-refractivity contribution in [2.45, 2.75) is 24.8 Å². The second kappa shape index (κ2) is 7.08. The van der Waals surface area contributed by atoms with E-state index in [-0.39, 0.29) is 42.6 Å². The van der Waals surface area contributed by atoms with Crippen LogP contribution in [0.3, 0.4) is 0 Å². The van der Waals surface area contributed by atoms with Gasteiger partial charge in [-0.1, -0.05) is 0 Å². The van der Waals surface area contributed by atoms with E-state index in [1.54, 1.807) is 0 Å². The van der Waals surface area contributed by atoms with E-state index >= 15 is 0 Å².